The summed E-state index contributed by atoms with van der Waals surface area (Å²) in [5.41, 5.74) is 4.00. The molecule has 2 heterocycles. The third-order valence-electron chi connectivity index (χ3n) is 10.5. The Bertz CT molecular complexity index is 2960. The second-order valence-electron chi connectivity index (χ2n) is 13.5. The van der Waals surface area contributed by atoms with Crippen LogP contribution in [0.5, 0.6) is 0 Å². The maximum atomic E-state index is 16.4. The van der Waals surface area contributed by atoms with Gasteiger partial charge >= 0.3 is 0 Å². The predicted molar refractivity (Wildman–Crippen MR) is 227 cm³/mol. The second-order valence-corrected chi connectivity index (χ2v) is 19.0. The molecule has 54 heavy (non-hydrogen) atoms. The van der Waals surface area contributed by atoms with Crippen LogP contribution in [0.25, 0.3) is 49.4 Å². The number of benzene rings is 8. The van der Waals surface area contributed by atoms with E-state index in [1.54, 1.807) is 0 Å². The minimum Gasteiger partial charge on any atom is -0.454 e. The van der Waals surface area contributed by atoms with Crippen LogP contribution in [0.1, 0.15) is 0 Å². The molecule has 0 bridgehead atoms. The average molecular weight is 734 g/mol. The largest absolute Gasteiger partial charge is 0.454 e. The van der Waals surface area contributed by atoms with Crippen LogP contribution in [0.15, 0.2) is 205 Å². The molecule has 258 valence electrons. The maximum Gasteiger partial charge on any atom is 0.174 e. The second kappa shape index (κ2) is 12.7. The number of nitrogens with zero attached hydrogens (tertiary/aromatic N) is 1. The lowest BCUT2D eigenvalue weighted by atomic mass is 10.1. The van der Waals surface area contributed by atoms with Gasteiger partial charge in [-0.1, -0.05) is 170 Å². The Hall–Kier alpha value is -6.18. The van der Waals surface area contributed by atoms with Gasteiger partial charge in [0.2, 0.25) is 0 Å². The highest BCUT2D eigenvalue weighted by Gasteiger charge is 2.37. The monoisotopic (exact) mass is 733 g/mol. The van der Waals surface area contributed by atoms with Gasteiger partial charge in [-0.3, -0.25) is 0 Å². The first kappa shape index (κ1) is 32.5. The Kier molecular flexibility index (Phi) is 7.66. The van der Waals surface area contributed by atoms with Crippen LogP contribution in [-0.2, 0) is 9.13 Å². The van der Waals surface area contributed by atoms with E-state index in [4.69, 9.17) is 4.42 Å². The SMILES string of the molecule is O=P(c1ccccc1)(c1ccccc1)c1cccc2c1oc1c(P(=O)(c3ccccc3)c3ccccc3)cc(-n3c4ccccc4c4ccccc43)cc12. The lowest BCUT2D eigenvalue weighted by molar-refractivity contribution is 0.592. The summed E-state index contributed by atoms with van der Waals surface area (Å²) in [4.78, 5) is 0. The van der Waals surface area contributed by atoms with Crippen molar-refractivity contribution in [1.82, 2.24) is 4.57 Å². The number of rotatable bonds is 7. The molecular weight excluding hydrogens is 700 g/mol. The van der Waals surface area contributed by atoms with Gasteiger partial charge in [0.25, 0.3) is 0 Å². The van der Waals surface area contributed by atoms with Gasteiger partial charge in [0.1, 0.15) is 11.2 Å². The fourth-order valence-electron chi connectivity index (χ4n) is 8.07. The van der Waals surface area contributed by atoms with E-state index in [2.05, 4.69) is 65.2 Å². The minimum atomic E-state index is -3.57. The van der Waals surface area contributed by atoms with Gasteiger partial charge in [-0.05, 0) is 30.3 Å². The first-order valence-corrected chi connectivity index (χ1v) is 21.4. The van der Waals surface area contributed by atoms with Crippen molar-refractivity contribution in [2.24, 2.45) is 0 Å². The first-order chi connectivity index (χ1) is 26.6. The molecule has 2 aromatic heterocycles. The van der Waals surface area contributed by atoms with E-state index in [-0.39, 0.29) is 0 Å². The molecule has 0 aliphatic carbocycles. The Balaban J connectivity index is 1.37. The topological polar surface area (TPSA) is 52.2 Å². The zero-order chi connectivity index (χ0) is 36.3. The van der Waals surface area contributed by atoms with Crippen LogP contribution in [0.4, 0.5) is 0 Å². The number of hydrogen-bond acceptors (Lipinski definition) is 3. The van der Waals surface area contributed by atoms with E-state index in [1.165, 1.54) is 0 Å². The molecule has 10 aromatic rings. The van der Waals surface area contributed by atoms with E-state index in [0.717, 1.165) is 48.9 Å². The lowest BCUT2D eigenvalue weighted by Crippen LogP contribution is -2.26. The summed E-state index contributed by atoms with van der Waals surface area (Å²) < 4.78 is 41.6. The third kappa shape index (κ3) is 4.85. The molecule has 10 rings (SSSR count). The summed E-state index contributed by atoms with van der Waals surface area (Å²) in [6.07, 6.45) is 0. The fraction of sp³-hybridized carbons (Fsp3) is 0. The molecule has 0 fully saturated rings. The predicted octanol–water partition coefficient (Wildman–Crippen LogP) is 9.96. The first-order valence-electron chi connectivity index (χ1n) is 18.0. The van der Waals surface area contributed by atoms with Crippen molar-refractivity contribution in [2.75, 3.05) is 0 Å². The molecule has 8 aromatic carbocycles. The van der Waals surface area contributed by atoms with Crippen molar-refractivity contribution in [3.8, 4) is 5.69 Å². The van der Waals surface area contributed by atoms with E-state index in [9.17, 15) is 0 Å². The molecule has 0 amide bonds. The Labute approximate surface area is 312 Å². The van der Waals surface area contributed by atoms with Crippen LogP contribution in [0, 0.1) is 0 Å². The van der Waals surface area contributed by atoms with Gasteiger partial charge in [-0.15, -0.1) is 0 Å². The van der Waals surface area contributed by atoms with Gasteiger partial charge < -0.3 is 18.1 Å². The van der Waals surface area contributed by atoms with Crippen molar-refractivity contribution in [1.29, 1.82) is 0 Å². The van der Waals surface area contributed by atoms with E-state index < -0.39 is 14.3 Å². The van der Waals surface area contributed by atoms with Crippen LogP contribution < -0.4 is 31.8 Å². The molecule has 4 nitrogen and oxygen atoms in total. The molecule has 0 saturated carbocycles. The van der Waals surface area contributed by atoms with E-state index in [0.29, 0.717) is 32.4 Å². The zero-order valence-corrected chi connectivity index (χ0v) is 30.9. The van der Waals surface area contributed by atoms with Crippen LogP contribution in [-0.4, -0.2) is 4.57 Å². The molecule has 0 saturated heterocycles. The smallest absolute Gasteiger partial charge is 0.174 e. The van der Waals surface area contributed by atoms with Crippen LogP contribution in [0.3, 0.4) is 0 Å². The van der Waals surface area contributed by atoms with Gasteiger partial charge in [0.15, 0.2) is 14.3 Å². The quantitative estimate of drug-likeness (QED) is 0.153. The van der Waals surface area contributed by atoms with Gasteiger partial charge in [-0.2, -0.15) is 0 Å². The van der Waals surface area contributed by atoms with E-state index in [1.807, 2.05) is 140 Å². The zero-order valence-electron chi connectivity index (χ0n) is 29.1. The Morgan fingerprint density at radius 2 is 0.741 bits per heavy atom. The van der Waals surface area contributed by atoms with Gasteiger partial charge in [0.05, 0.1) is 21.6 Å². The fourth-order valence-corrected chi connectivity index (χ4v) is 13.7. The summed E-state index contributed by atoms with van der Waals surface area (Å²) >= 11 is 0. The number of para-hydroxylation sites is 3. The molecule has 0 aliphatic rings. The number of aromatic nitrogens is 1. The van der Waals surface area contributed by atoms with Crippen molar-refractivity contribution in [3.63, 3.8) is 0 Å². The Morgan fingerprint density at radius 1 is 0.352 bits per heavy atom. The van der Waals surface area contributed by atoms with Crippen molar-refractivity contribution in [2.45, 2.75) is 0 Å². The molecule has 0 N–H and O–H groups in total. The highest BCUT2D eigenvalue weighted by atomic mass is 31.2. The average Bonchev–Trinajstić information content (AvgIpc) is 3.80. The molecular formula is C48H33NO3P2. The van der Waals surface area contributed by atoms with Crippen LogP contribution in [0.2, 0.25) is 0 Å². The van der Waals surface area contributed by atoms with Crippen molar-refractivity contribution < 1.29 is 13.5 Å². The minimum absolute atomic E-state index is 0.519. The Morgan fingerprint density at radius 3 is 1.22 bits per heavy atom. The maximum absolute atomic E-state index is 16.4. The summed E-state index contributed by atoms with van der Waals surface area (Å²) in [6, 6.07) is 65.6. The molecule has 0 atom stereocenters. The summed E-state index contributed by atoms with van der Waals surface area (Å²) in [5.74, 6) is 0. The third-order valence-corrected chi connectivity index (χ3v) is 16.7. The number of furan rings is 1. The van der Waals surface area contributed by atoms with Gasteiger partial charge in [0, 0.05) is 48.5 Å². The molecule has 0 unspecified atom stereocenters. The molecule has 0 radical (unpaired) electrons. The molecule has 0 aliphatic heterocycles. The highest BCUT2D eigenvalue weighted by molar-refractivity contribution is 7.86. The number of hydrogen-bond donors (Lipinski definition) is 0. The molecule has 0 spiro atoms. The highest BCUT2D eigenvalue weighted by Crippen LogP contribution is 2.49. The summed E-state index contributed by atoms with van der Waals surface area (Å²) in [5, 5.41) is 7.92. The van der Waals surface area contributed by atoms with Crippen molar-refractivity contribution >= 4 is 89.9 Å². The number of fused-ring (bicyclic) bond motifs is 6. The van der Waals surface area contributed by atoms with Gasteiger partial charge in [-0.25, -0.2) is 0 Å². The normalized spacial score (nSPS) is 12.2. The van der Waals surface area contributed by atoms with Crippen molar-refractivity contribution in [3.05, 3.63) is 200 Å². The standard InChI is InChI=1S/C48H33NO3P2/c50-53(35-18-5-1-6-19-35,36-20-7-2-8-21-36)45-31-17-28-41-42-32-34(49-43-29-15-13-26-39(43)40-27-14-16-30-44(40)49)33-46(48(42)52-47(41)45)54(51,37-22-9-3-10-23-37)38-24-11-4-12-25-38/h1-33H. The van der Waals surface area contributed by atoms with Crippen LogP contribution >= 0.6 is 14.3 Å². The summed E-state index contributed by atoms with van der Waals surface area (Å²) in [6.45, 7) is 0. The lowest BCUT2D eigenvalue weighted by Gasteiger charge is -2.21. The summed E-state index contributed by atoms with van der Waals surface area (Å²) in [7, 11) is -7.02. The molecule has 6 heteroatoms. The van der Waals surface area contributed by atoms with E-state index >= 15 is 9.13 Å².